The topological polar surface area (TPSA) is 65.0 Å². The number of hydrogen-bond donors (Lipinski definition) is 0. The van der Waals surface area contributed by atoms with Crippen LogP contribution in [0.2, 0.25) is 0 Å². The number of benzene rings is 2. The van der Waals surface area contributed by atoms with Crippen molar-refractivity contribution in [3.8, 4) is 22.6 Å². The van der Waals surface area contributed by atoms with Gasteiger partial charge in [0.2, 0.25) is 11.6 Å². The third-order valence-corrected chi connectivity index (χ3v) is 4.59. The highest BCUT2D eigenvalue weighted by Crippen LogP contribution is 2.41. The van der Waals surface area contributed by atoms with Gasteiger partial charge in [-0.25, -0.2) is 9.97 Å². The van der Waals surface area contributed by atoms with E-state index in [1.807, 2.05) is 30.3 Å². The first-order valence-corrected chi connectivity index (χ1v) is 8.57. The molecule has 0 amide bonds. The maximum atomic E-state index is 12.9. The van der Waals surface area contributed by atoms with Crippen LogP contribution >= 0.6 is 0 Å². The molecule has 29 heavy (non-hydrogen) atoms. The first-order chi connectivity index (χ1) is 13.9. The number of hydrogen-bond acceptors (Lipinski definition) is 5. The van der Waals surface area contributed by atoms with E-state index in [4.69, 9.17) is 4.74 Å². The van der Waals surface area contributed by atoms with Gasteiger partial charge in [-0.2, -0.15) is 13.2 Å². The molecule has 5 nitrogen and oxygen atoms in total. The number of ether oxygens (including phenoxy) is 1. The van der Waals surface area contributed by atoms with Gasteiger partial charge in [-0.1, -0.05) is 18.2 Å². The first kappa shape index (κ1) is 17.3. The second-order valence-electron chi connectivity index (χ2n) is 6.42. The van der Waals surface area contributed by atoms with Crippen LogP contribution in [0, 0.1) is 0 Å². The maximum Gasteiger partial charge on any atom is 0.451 e. The summed E-state index contributed by atoms with van der Waals surface area (Å²) in [6.07, 6.45) is -2.34. The summed E-state index contributed by atoms with van der Waals surface area (Å²) in [7, 11) is 0. The van der Waals surface area contributed by atoms with Gasteiger partial charge in [-0.05, 0) is 24.3 Å². The molecule has 0 fully saturated rings. The van der Waals surface area contributed by atoms with E-state index in [-0.39, 0.29) is 16.8 Å². The van der Waals surface area contributed by atoms with Gasteiger partial charge in [0.05, 0.1) is 11.1 Å². The van der Waals surface area contributed by atoms with Crippen LogP contribution in [-0.2, 0) is 6.18 Å². The summed E-state index contributed by atoms with van der Waals surface area (Å²) in [6.45, 7) is 0. The van der Waals surface area contributed by atoms with Gasteiger partial charge in [0.25, 0.3) is 0 Å². The average molecular weight is 393 g/mol. The van der Waals surface area contributed by atoms with Crippen molar-refractivity contribution < 1.29 is 22.7 Å². The quantitative estimate of drug-likeness (QED) is 0.420. The zero-order valence-corrected chi connectivity index (χ0v) is 14.6. The van der Waals surface area contributed by atoms with Gasteiger partial charge < -0.3 is 4.74 Å². The van der Waals surface area contributed by atoms with E-state index in [0.29, 0.717) is 28.0 Å². The van der Waals surface area contributed by atoms with E-state index in [2.05, 4.69) is 15.0 Å². The van der Waals surface area contributed by atoms with Crippen LogP contribution in [0.25, 0.3) is 22.0 Å². The highest BCUT2D eigenvalue weighted by atomic mass is 19.4. The molecule has 2 aromatic heterocycles. The molecule has 5 rings (SSSR count). The molecule has 0 aliphatic heterocycles. The van der Waals surface area contributed by atoms with E-state index in [0.717, 1.165) is 6.20 Å². The van der Waals surface area contributed by atoms with Crippen LogP contribution in [0.15, 0.2) is 60.9 Å². The highest BCUT2D eigenvalue weighted by Gasteiger charge is 2.38. The molecule has 0 atom stereocenters. The lowest BCUT2D eigenvalue weighted by Crippen LogP contribution is -2.13. The van der Waals surface area contributed by atoms with Crippen molar-refractivity contribution in [2.75, 3.05) is 0 Å². The van der Waals surface area contributed by atoms with E-state index >= 15 is 0 Å². The number of fused-ring (bicyclic) bond motifs is 5. The Morgan fingerprint density at radius 3 is 2.38 bits per heavy atom. The van der Waals surface area contributed by atoms with Gasteiger partial charge in [0.1, 0.15) is 17.2 Å². The second-order valence-corrected chi connectivity index (χ2v) is 6.42. The summed E-state index contributed by atoms with van der Waals surface area (Å²) in [4.78, 5) is 23.7. The Hall–Kier alpha value is -3.81. The van der Waals surface area contributed by atoms with Gasteiger partial charge in [-0.15, -0.1) is 0 Å². The largest absolute Gasteiger partial charge is 0.457 e. The molecule has 142 valence electrons. The third-order valence-electron chi connectivity index (χ3n) is 4.59. The van der Waals surface area contributed by atoms with E-state index < -0.39 is 17.8 Å². The van der Waals surface area contributed by atoms with Gasteiger partial charge in [0, 0.05) is 35.0 Å². The van der Waals surface area contributed by atoms with E-state index in [1.54, 1.807) is 18.2 Å². The van der Waals surface area contributed by atoms with Crippen molar-refractivity contribution in [2.24, 2.45) is 0 Å². The Kier molecular flexibility index (Phi) is 3.64. The number of pyridine rings is 1. The lowest BCUT2D eigenvalue weighted by molar-refractivity contribution is -0.145. The molecule has 4 aromatic rings. The molecule has 0 saturated carbocycles. The van der Waals surface area contributed by atoms with E-state index in [1.165, 1.54) is 6.20 Å². The number of carbonyl (C=O) groups excluding carboxylic acids is 1. The minimum absolute atomic E-state index is 0.206. The Bertz CT molecular complexity index is 1290. The number of alkyl halides is 3. The van der Waals surface area contributed by atoms with Crippen LogP contribution in [-0.4, -0.2) is 20.7 Å². The highest BCUT2D eigenvalue weighted by molar-refractivity contribution is 6.24. The molecule has 0 radical (unpaired) electrons. The minimum atomic E-state index is -4.73. The minimum Gasteiger partial charge on any atom is -0.457 e. The summed E-state index contributed by atoms with van der Waals surface area (Å²) >= 11 is 0. The summed E-state index contributed by atoms with van der Waals surface area (Å²) in [5.74, 6) is -0.735. The van der Waals surface area contributed by atoms with Crippen molar-refractivity contribution >= 4 is 16.7 Å². The molecular weight excluding hydrogens is 383 g/mol. The summed E-state index contributed by atoms with van der Waals surface area (Å²) in [5.41, 5.74) is 1.23. The predicted molar refractivity (Wildman–Crippen MR) is 97.7 cm³/mol. The number of ketones is 1. The molecule has 8 heteroatoms. The molecule has 0 saturated heterocycles. The zero-order chi connectivity index (χ0) is 20.2. The Morgan fingerprint density at radius 2 is 1.62 bits per heavy atom. The lowest BCUT2D eigenvalue weighted by atomic mass is 10.0. The van der Waals surface area contributed by atoms with Gasteiger partial charge in [0.15, 0.2) is 0 Å². The fourth-order valence-electron chi connectivity index (χ4n) is 3.33. The van der Waals surface area contributed by atoms with Crippen molar-refractivity contribution in [1.29, 1.82) is 0 Å². The molecule has 1 aliphatic carbocycles. The van der Waals surface area contributed by atoms with Gasteiger partial charge in [-0.3, -0.25) is 9.78 Å². The fourth-order valence-corrected chi connectivity index (χ4v) is 3.33. The smallest absolute Gasteiger partial charge is 0.451 e. The van der Waals surface area contributed by atoms with Crippen LogP contribution in [0.1, 0.15) is 21.9 Å². The second kappa shape index (κ2) is 6.10. The molecule has 2 heterocycles. The number of aromatic nitrogens is 3. The summed E-state index contributed by atoms with van der Waals surface area (Å²) in [6, 6.07) is 14.3. The fraction of sp³-hybridized carbons (Fsp3) is 0.0476. The number of rotatable bonds is 2. The predicted octanol–water partition coefficient (Wildman–Crippen LogP) is 5.05. The van der Waals surface area contributed by atoms with Crippen molar-refractivity contribution in [2.45, 2.75) is 6.18 Å². The third kappa shape index (κ3) is 2.80. The Balaban J connectivity index is 1.63. The lowest BCUT2D eigenvalue weighted by Gasteiger charge is -2.09. The first-order valence-electron chi connectivity index (χ1n) is 8.57. The number of halogens is 3. The number of para-hydroxylation sites is 1. The number of nitrogens with zero attached hydrogens (tertiary/aromatic N) is 3. The van der Waals surface area contributed by atoms with Gasteiger partial charge >= 0.3 is 6.18 Å². The molecular formula is C21H10F3N3O2. The zero-order valence-electron chi connectivity index (χ0n) is 14.6. The van der Waals surface area contributed by atoms with Crippen LogP contribution < -0.4 is 4.74 Å². The normalized spacial score (nSPS) is 12.7. The van der Waals surface area contributed by atoms with Crippen LogP contribution in [0.5, 0.6) is 11.5 Å². The Morgan fingerprint density at radius 1 is 0.862 bits per heavy atom. The van der Waals surface area contributed by atoms with Crippen LogP contribution in [0.4, 0.5) is 13.2 Å². The molecule has 0 unspecified atom stereocenters. The SMILES string of the molecule is O=C1c2cnc3cc(Oc4ccccc4)ccc3c2-c2cnc(C(F)(F)F)nc21. The molecule has 0 N–H and O–H groups in total. The van der Waals surface area contributed by atoms with Crippen molar-refractivity contribution in [3.63, 3.8) is 0 Å². The number of carbonyl (C=O) groups is 1. The Labute approximate surface area is 161 Å². The maximum absolute atomic E-state index is 12.9. The summed E-state index contributed by atoms with van der Waals surface area (Å²) < 4.78 is 44.6. The summed E-state index contributed by atoms with van der Waals surface area (Å²) in [5, 5.41) is 0.610. The molecule has 0 spiro atoms. The molecule has 2 aromatic carbocycles. The van der Waals surface area contributed by atoms with E-state index in [9.17, 15) is 18.0 Å². The standard InChI is InChI=1S/C21H10F3N3O2/c22-21(23,24)20-26-9-14-17-13-7-6-12(29-11-4-2-1-3-5-11)8-16(13)25-10-15(17)19(28)18(14)27-20/h1-10H. The molecule has 1 aliphatic rings. The molecule has 0 bridgehead atoms. The average Bonchev–Trinajstić information content (AvgIpc) is 3.00. The van der Waals surface area contributed by atoms with Crippen LogP contribution in [0.3, 0.4) is 0 Å². The monoisotopic (exact) mass is 393 g/mol. The van der Waals surface area contributed by atoms with Crippen molar-refractivity contribution in [3.05, 3.63) is 78.0 Å². The van der Waals surface area contributed by atoms with Crippen molar-refractivity contribution in [1.82, 2.24) is 15.0 Å².